The minimum atomic E-state index is -0.185. The number of thiophene rings is 1. The minimum Gasteiger partial charge on any atom is -0.350 e. The van der Waals surface area contributed by atoms with Crippen LogP contribution in [0.2, 0.25) is 0 Å². The van der Waals surface area contributed by atoms with Crippen molar-refractivity contribution >= 4 is 29.0 Å². The first kappa shape index (κ1) is 17.7. The molecule has 0 aliphatic rings. The van der Waals surface area contributed by atoms with Gasteiger partial charge in [-0.2, -0.15) is 4.98 Å². The van der Waals surface area contributed by atoms with Gasteiger partial charge in [0.1, 0.15) is 0 Å². The van der Waals surface area contributed by atoms with E-state index in [9.17, 15) is 4.79 Å². The zero-order valence-corrected chi connectivity index (χ0v) is 15.7. The molecule has 0 aliphatic heterocycles. The van der Waals surface area contributed by atoms with Gasteiger partial charge >= 0.3 is 0 Å². The van der Waals surface area contributed by atoms with Gasteiger partial charge in [-0.3, -0.25) is 4.79 Å². The average Bonchev–Trinajstić information content (AvgIpc) is 3.30. The third-order valence-corrected chi connectivity index (χ3v) is 5.62. The van der Waals surface area contributed by atoms with Crippen molar-refractivity contribution < 1.29 is 9.32 Å². The topological polar surface area (TPSA) is 68.0 Å². The molecule has 0 bridgehead atoms. The SMILES string of the molecule is Cc1ccc(-c2noc(CSC(C)C(=O)NCc3cccs3)n2)cc1. The fourth-order valence-electron chi connectivity index (χ4n) is 2.14. The number of aryl methyl sites for hydroxylation is 1. The summed E-state index contributed by atoms with van der Waals surface area (Å²) in [5.74, 6) is 1.62. The molecule has 0 fully saturated rings. The second-order valence-electron chi connectivity index (χ2n) is 5.63. The summed E-state index contributed by atoms with van der Waals surface area (Å²) < 4.78 is 5.29. The lowest BCUT2D eigenvalue weighted by molar-refractivity contribution is -0.120. The Labute approximate surface area is 154 Å². The Morgan fingerprint density at radius 2 is 2.12 bits per heavy atom. The van der Waals surface area contributed by atoms with E-state index in [2.05, 4.69) is 15.5 Å². The molecule has 7 heteroatoms. The van der Waals surface area contributed by atoms with E-state index >= 15 is 0 Å². The first-order valence-corrected chi connectivity index (χ1v) is 9.86. The number of thioether (sulfide) groups is 1. The molecule has 3 rings (SSSR count). The highest BCUT2D eigenvalue weighted by molar-refractivity contribution is 7.99. The van der Waals surface area contributed by atoms with Crippen LogP contribution in [0.3, 0.4) is 0 Å². The van der Waals surface area contributed by atoms with Crippen LogP contribution in [0.15, 0.2) is 46.3 Å². The zero-order chi connectivity index (χ0) is 17.6. The maximum atomic E-state index is 12.1. The molecule has 1 unspecified atom stereocenters. The molecule has 0 spiro atoms. The van der Waals surface area contributed by atoms with Gasteiger partial charge in [0.15, 0.2) is 0 Å². The molecular formula is C18H19N3O2S2. The van der Waals surface area contributed by atoms with Gasteiger partial charge in [0.25, 0.3) is 0 Å². The highest BCUT2D eigenvalue weighted by atomic mass is 32.2. The lowest BCUT2D eigenvalue weighted by Gasteiger charge is -2.10. The van der Waals surface area contributed by atoms with E-state index < -0.39 is 0 Å². The summed E-state index contributed by atoms with van der Waals surface area (Å²) in [6, 6.07) is 12.0. The third-order valence-electron chi connectivity index (χ3n) is 3.62. The predicted octanol–water partition coefficient (Wildman–Crippen LogP) is 4.04. The van der Waals surface area contributed by atoms with Crippen molar-refractivity contribution in [2.24, 2.45) is 0 Å². The number of aromatic nitrogens is 2. The molecule has 130 valence electrons. The van der Waals surface area contributed by atoms with Crippen LogP contribution in [-0.4, -0.2) is 21.3 Å². The molecule has 0 aliphatic carbocycles. The van der Waals surface area contributed by atoms with Crippen molar-refractivity contribution in [3.05, 3.63) is 58.1 Å². The van der Waals surface area contributed by atoms with Crippen LogP contribution < -0.4 is 5.32 Å². The first-order valence-electron chi connectivity index (χ1n) is 7.93. The molecule has 1 atom stereocenters. The maximum absolute atomic E-state index is 12.1. The Kier molecular flexibility index (Phi) is 5.88. The van der Waals surface area contributed by atoms with Gasteiger partial charge in [0.2, 0.25) is 17.6 Å². The van der Waals surface area contributed by atoms with E-state index in [0.29, 0.717) is 24.0 Å². The summed E-state index contributed by atoms with van der Waals surface area (Å²) >= 11 is 3.11. The second-order valence-corrected chi connectivity index (χ2v) is 7.99. The van der Waals surface area contributed by atoms with E-state index in [1.165, 1.54) is 17.3 Å². The molecule has 1 amide bonds. The molecule has 0 radical (unpaired) electrons. The summed E-state index contributed by atoms with van der Waals surface area (Å²) in [5.41, 5.74) is 2.11. The highest BCUT2D eigenvalue weighted by Gasteiger charge is 2.16. The normalized spacial score (nSPS) is 12.1. The number of nitrogens with one attached hydrogen (secondary N) is 1. The van der Waals surface area contributed by atoms with Gasteiger partial charge < -0.3 is 9.84 Å². The van der Waals surface area contributed by atoms with Crippen molar-refractivity contribution in [3.8, 4) is 11.4 Å². The number of hydrogen-bond acceptors (Lipinski definition) is 6. The van der Waals surface area contributed by atoms with Gasteiger partial charge in [-0.25, -0.2) is 0 Å². The van der Waals surface area contributed by atoms with Gasteiger partial charge in [-0.1, -0.05) is 41.1 Å². The maximum Gasteiger partial charge on any atom is 0.236 e. The Morgan fingerprint density at radius 3 is 2.84 bits per heavy atom. The van der Waals surface area contributed by atoms with Crippen LogP contribution in [0.25, 0.3) is 11.4 Å². The van der Waals surface area contributed by atoms with E-state index in [1.54, 1.807) is 11.3 Å². The molecule has 2 heterocycles. The fourth-order valence-corrected chi connectivity index (χ4v) is 3.53. The molecule has 3 aromatic rings. The van der Waals surface area contributed by atoms with Crippen molar-refractivity contribution in [2.45, 2.75) is 31.4 Å². The van der Waals surface area contributed by atoms with Crippen molar-refractivity contribution in [1.82, 2.24) is 15.5 Å². The largest absolute Gasteiger partial charge is 0.350 e. The molecule has 1 N–H and O–H groups in total. The van der Waals surface area contributed by atoms with E-state index in [0.717, 1.165) is 10.4 Å². The third kappa shape index (κ3) is 4.93. The first-order chi connectivity index (χ1) is 12.1. The predicted molar refractivity (Wildman–Crippen MR) is 101 cm³/mol. The second kappa shape index (κ2) is 8.31. The monoisotopic (exact) mass is 373 g/mol. The highest BCUT2D eigenvalue weighted by Crippen LogP contribution is 2.21. The summed E-state index contributed by atoms with van der Waals surface area (Å²) in [6.07, 6.45) is 0. The number of amides is 1. The standard InChI is InChI=1S/C18H19N3O2S2/c1-12-5-7-14(8-6-12)17-20-16(23-21-17)11-25-13(2)18(22)19-10-15-4-3-9-24-15/h3-9,13H,10-11H2,1-2H3,(H,19,22). The van der Waals surface area contributed by atoms with Crippen LogP contribution in [0, 0.1) is 6.92 Å². The summed E-state index contributed by atoms with van der Waals surface area (Å²) in [4.78, 5) is 17.7. The number of hydrogen-bond donors (Lipinski definition) is 1. The van der Waals surface area contributed by atoms with E-state index in [1.807, 2.05) is 55.6 Å². The van der Waals surface area contributed by atoms with Crippen molar-refractivity contribution in [3.63, 3.8) is 0 Å². The Balaban J connectivity index is 1.49. The molecular weight excluding hydrogens is 354 g/mol. The van der Waals surface area contributed by atoms with E-state index in [-0.39, 0.29) is 11.2 Å². The average molecular weight is 374 g/mol. The Hall–Kier alpha value is -2.12. The van der Waals surface area contributed by atoms with Crippen molar-refractivity contribution in [2.75, 3.05) is 0 Å². The quantitative estimate of drug-likeness (QED) is 0.677. The lowest BCUT2D eigenvalue weighted by Crippen LogP contribution is -2.30. The van der Waals surface area contributed by atoms with Crippen molar-refractivity contribution in [1.29, 1.82) is 0 Å². The minimum absolute atomic E-state index is 0.0108. The van der Waals surface area contributed by atoms with Crippen LogP contribution >= 0.6 is 23.1 Å². The Morgan fingerprint density at radius 1 is 1.32 bits per heavy atom. The summed E-state index contributed by atoms with van der Waals surface area (Å²) in [7, 11) is 0. The zero-order valence-electron chi connectivity index (χ0n) is 14.1. The molecule has 2 aromatic heterocycles. The van der Waals surface area contributed by atoms with Crippen LogP contribution in [0.1, 0.15) is 23.3 Å². The van der Waals surface area contributed by atoms with Gasteiger partial charge in [0, 0.05) is 10.4 Å². The lowest BCUT2D eigenvalue weighted by atomic mass is 10.1. The molecule has 0 saturated carbocycles. The number of carbonyl (C=O) groups is 1. The smallest absolute Gasteiger partial charge is 0.236 e. The van der Waals surface area contributed by atoms with Gasteiger partial charge in [0.05, 0.1) is 17.5 Å². The van der Waals surface area contributed by atoms with E-state index in [4.69, 9.17) is 4.52 Å². The van der Waals surface area contributed by atoms with Crippen LogP contribution in [-0.2, 0) is 17.1 Å². The number of carbonyl (C=O) groups excluding carboxylic acids is 1. The van der Waals surface area contributed by atoms with Gasteiger partial charge in [-0.15, -0.1) is 23.1 Å². The van der Waals surface area contributed by atoms with Crippen LogP contribution in [0.5, 0.6) is 0 Å². The molecule has 5 nitrogen and oxygen atoms in total. The number of rotatable bonds is 7. The van der Waals surface area contributed by atoms with Crippen LogP contribution in [0.4, 0.5) is 0 Å². The molecule has 1 aromatic carbocycles. The summed E-state index contributed by atoms with van der Waals surface area (Å²) in [6.45, 7) is 4.48. The molecule has 0 saturated heterocycles. The fraction of sp³-hybridized carbons (Fsp3) is 0.278. The summed E-state index contributed by atoms with van der Waals surface area (Å²) in [5, 5.41) is 8.77. The molecule has 25 heavy (non-hydrogen) atoms. The number of benzene rings is 1. The Bertz CT molecular complexity index is 813. The number of nitrogens with zero attached hydrogens (tertiary/aromatic N) is 2. The van der Waals surface area contributed by atoms with Gasteiger partial charge in [-0.05, 0) is 25.3 Å².